The van der Waals surface area contributed by atoms with Crippen LogP contribution < -0.4 is 11.1 Å². The molecular weight excluding hydrogens is 302 g/mol. The Balaban J connectivity index is 1.51. The first-order valence-electron chi connectivity index (χ1n) is 8.95. The minimum atomic E-state index is -0.110. The Morgan fingerprint density at radius 2 is 1.92 bits per heavy atom. The van der Waals surface area contributed by atoms with Crippen molar-refractivity contribution >= 4 is 11.8 Å². The van der Waals surface area contributed by atoms with Crippen molar-refractivity contribution in [3.63, 3.8) is 0 Å². The zero-order valence-electron chi connectivity index (χ0n) is 14.3. The molecule has 2 aliphatic rings. The van der Waals surface area contributed by atoms with E-state index in [9.17, 15) is 9.59 Å². The molecule has 1 aromatic rings. The summed E-state index contributed by atoms with van der Waals surface area (Å²) < 4.78 is 0. The lowest BCUT2D eigenvalue weighted by Crippen LogP contribution is -2.48. The fourth-order valence-corrected chi connectivity index (χ4v) is 4.30. The number of fused-ring (bicyclic) bond motifs is 2. The number of carbonyl (C=O) groups excluding carboxylic acids is 2. The van der Waals surface area contributed by atoms with Crippen molar-refractivity contribution in [2.75, 3.05) is 13.1 Å². The average molecular weight is 329 g/mol. The monoisotopic (exact) mass is 329 g/mol. The van der Waals surface area contributed by atoms with E-state index in [0.717, 1.165) is 24.8 Å². The summed E-state index contributed by atoms with van der Waals surface area (Å²) in [4.78, 5) is 26.6. The zero-order valence-corrected chi connectivity index (χ0v) is 14.3. The van der Waals surface area contributed by atoms with Gasteiger partial charge in [-0.05, 0) is 43.6 Å². The highest BCUT2D eigenvalue weighted by molar-refractivity contribution is 5.86. The van der Waals surface area contributed by atoms with Crippen molar-refractivity contribution in [1.29, 1.82) is 0 Å². The van der Waals surface area contributed by atoms with Crippen molar-refractivity contribution in [2.24, 2.45) is 23.5 Å². The van der Waals surface area contributed by atoms with Crippen LogP contribution in [0.4, 0.5) is 0 Å². The van der Waals surface area contributed by atoms with Gasteiger partial charge in [0.15, 0.2) is 0 Å². The molecular formula is C19H27N3O2. The van der Waals surface area contributed by atoms with Gasteiger partial charge in [0, 0.05) is 19.1 Å². The molecule has 0 saturated heterocycles. The number of carbonyl (C=O) groups is 2. The summed E-state index contributed by atoms with van der Waals surface area (Å²) in [6.07, 6.45) is 3.32. The Morgan fingerprint density at radius 1 is 1.21 bits per heavy atom. The highest BCUT2D eigenvalue weighted by Crippen LogP contribution is 2.47. The van der Waals surface area contributed by atoms with E-state index < -0.39 is 0 Å². The number of likely N-dealkylation sites (N-methyl/N-ethyl adjacent to an activating group) is 1. The Hall–Kier alpha value is -1.88. The molecule has 3 rings (SSSR count). The molecule has 3 N–H and O–H groups in total. The third-order valence-electron chi connectivity index (χ3n) is 5.65. The SMILES string of the molecule is CCN(Cc1ccccc1)C(=O)CNC(=O)C1C2CCC(C2)C1N. The van der Waals surface area contributed by atoms with E-state index in [-0.39, 0.29) is 30.3 Å². The van der Waals surface area contributed by atoms with Gasteiger partial charge in [0.2, 0.25) is 11.8 Å². The summed E-state index contributed by atoms with van der Waals surface area (Å²) in [6, 6.07) is 9.86. The molecule has 24 heavy (non-hydrogen) atoms. The van der Waals surface area contributed by atoms with Crippen LogP contribution in [0.5, 0.6) is 0 Å². The van der Waals surface area contributed by atoms with E-state index in [1.807, 2.05) is 37.3 Å². The Bertz CT molecular complexity index is 588. The molecule has 4 unspecified atom stereocenters. The number of amides is 2. The average Bonchev–Trinajstić information content (AvgIpc) is 3.19. The van der Waals surface area contributed by atoms with Gasteiger partial charge in [-0.15, -0.1) is 0 Å². The largest absolute Gasteiger partial charge is 0.347 e. The number of hydrogen-bond donors (Lipinski definition) is 2. The molecule has 0 spiro atoms. The van der Waals surface area contributed by atoms with Crippen LogP contribution in [0.2, 0.25) is 0 Å². The molecule has 2 fully saturated rings. The molecule has 130 valence electrons. The highest BCUT2D eigenvalue weighted by atomic mass is 16.2. The van der Waals surface area contributed by atoms with E-state index in [4.69, 9.17) is 5.73 Å². The van der Waals surface area contributed by atoms with Crippen molar-refractivity contribution in [1.82, 2.24) is 10.2 Å². The van der Waals surface area contributed by atoms with Crippen molar-refractivity contribution < 1.29 is 9.59 Å². The van der Waals surface area contributed by atoms with Gasteiger partial charge in [-0.25, -0.2) is 0 Å². The zero-order chi connectivity index (χ0) is 17.1. The van der Waals surface area contributed by atoms with Gasteiger partial charge in [0.25, 0.3) is 0 Å². The normalized spacial score (nSPS) is 27.9. The van der Waals surface area contributed by atoms with Crippen LogP contribution in [0.1, 0.15) is 31.7 Å². The standard InChI is InChI=1S/C19H27N3O2/c1-2-22(12-13-6-4-3-5-7-13)16(23)11-21-19(24)17-14-8-9-15(10-14)18(17)20/h3-7,14-15,17-18H,2,8-12,20H2,1H3,(H,21,24). The Kier molecular flexibility index (Phi) is 5.19. The van der Waals surface area contributed by atoms with Gasteiger partial charge in [0.05, 0.1) is 12.5 Å². The van der Waals surface area contributed by atoms with Gasteiger partial charge >= 0.3 is 0 Å². The van der Waals surface area contributed by atoms with Crippen LogP contribution >= 0.6 is 0 Å². The third kappa shape index (κ3) is 3.46. The van der Waals surface area contributed by atoms with E-state index in [2.05, 4.69) is 5.32 Å². The van der Waals surface area contributed by atoms with E-state index >= 15 is 0 Å². The van der Waals surface area contributed by atoms with Gasteiger partial charge < -0.3 is 16.0 Å². The molecule has 2 amide bonds. The lowest BCUT2D eigenvalue weighted by Gasteiger charge is -2.27. The van der Waals surface area contributed by atoms with Gasteiger partial charge in [-0.1, -0.05) is 30.3 Å². The molecule has 2 bridgehead atoms. The summed E-state index contributed by atoms with van der Waals surface area (Å²) in [6.45, 7) is 3.20. The van der Waals surface area contributed by atoms with Gasteiger partial charge in [0.1, 0.15) is 0 Å². The molecule has 2 aliphatic carbocycles. The fraction of sp³-hybridized carbons (Fsp3) is 0.579. The van der Waals surface area contributed by atoms with E-state index in [1.165, 1.54) is 0 Å². The predicted octanol–water partition coefficient (Wildman–Crippen LogP) is 1.52. The van der Waals surface area contributed by atoms with E-state index in [1.54, 1.807) is 4.90 Å². The third-order valence-corrected chi connectivity index (χ3v) is 5.65. The molecule has 1 aromatic carbocycles. The molecule has 4 atom stereocenters. The smallest absolute Gasteiger partial charge is 0.242 e. The van der Waals surface area contributed by atoms with E-state index in [0.29, 0.717) is 24.9 Å². The minimum Gasteiger partial charge on any atom is -0.347 e. The van der Waals surface area contributed by atoms with Crippen LogP contribution in [-0.2, 0) is 16.1 Å². The number of hydrogen-bond acceptors (Lipinski definition) is 3. The van der Waals surface area contributed by atoms with Crippen LogP contribution in [-0.4, -0.2) is 35.8 Å². The van der Waals surface area contributed by atoms with Crippen LogP contribution in [0.3, 0.4) is 0 Å². The molecule has 0 aliphatic heterocycles. The maximum Gasteiger partial charge on any atom is 0.242 e. The first-order chi connectivity index (χ1) is 11.6. The highest BCUT2D eigenvalue weighted by Gasteiger charge is 2.49. The topological polar surface area (TPSA) is 75.4 Å². The van der Waals surface area contributed by atoms with Crippen LogP contribution in [0.25, 0.3) is 0 Å². The second-order valence-corrected chi connectivity index (χ2v) is 7.05. The fourth-order valence-electron chi connectivity index (χ4n) is 4.30. The molecule has 0 heterocycles. The number of nitrogens with one attached hydrogen (secondary N) is 1. The second-order valence-electron chi connectivity index (χ2n) is 7.05. The van der Waals surface area contributed by atoms with Gasteiger partial charge in [-0.2, -0.15) is 0 Å². The molecule has 5 nitrogen and oxygen atoms in total. The Morgan fingerprint density at radius 3 is 2.54 bits per heavy atom. The van der Waals surface area contributed by atoms with Crippen molar-refractivity contribution in [3.05, 3.63) is 35.9 Å². The first-order valence-corrected chi connectivity index (χ1v) is 8.95. The minimum absolute atomic E-state index is 0.0366. The lowest BCUT2D eigenvalue weighted by molar-refractivity contribution is -0.135. The van der Waals surface area contributed by atoms with Crippen molar-refractivity contribution in [3.8, 4) is 0 Å². The number of benzene rings is 1. The van der Waals surface area contributed by atoms with Gasteiger partial charge in [-0.3, -0.25) is 9.59 Å². The quantitative estimate of drug-likeness (QED) is 0.831. The molecule has 0 aromatic heterocycles. The summed E-state index contributed by atoms with van der Waals surface area (Å²) in [5.41, 5.74) is 7.30. The number of nitrogens with zero attached hydrogens (tertiary/aromatic N) is 1. The van der Waals surface area contributed by atoms with Crippen LogP contribution in [0.15, 0.2) is 30.3 Å². The number of nitrogens with two attached hydrogens (primary N) is 1. The number of rotatable bonds is 6. The second kappa shape index (κ2) is 7.34. The lowest BCUT2D eigenvalue weighted by atomic mass is 9.84. The summed E-state index contributed by atoms with van der Waals surface area (Å²) >= 11 is 0. The maximum absolute atomic E-state index is 12.5. The summed E-state index contributed by atoms with van der Waals surface area (Å²) in [5.74, 6) is 0.698. The predicted molar refractivity (Wildman–Crippen MR) is 92.8 cm³/mol. The molecule has 0 radical (unpaired) electrons. The van der Waals surface area contributed by atoms with Crippen molar-refractivity contribution in [2.45, 2.75) is 38.8 Å². The summed E-state index contributed by atoms with van der Waals surface area (Å²) in [7, 11) is 0. The summed E-state index contributed by atoms with van der Waals surface area (Å²) in [5, 5.41) is 2.83. The molecule has 2 saturated carbocycles. The first kappa shape index (κ1) is 17.0. The molecule has 5 heteroatoms. The van der Waals surface area contributed by atoms with Crippen LogP contribution in [0, 0.1) is 17.8 Å². The Labute approximate surface area is 143 Å². The maximum atomic E-state index is 12.5.